The van der Waals surface area contributed by atoms with Gasteiger partial charge in [0.1, 0.15) is 0 Å². The van der Waals surface area contributed by atoms with Crippen LogP contribution in [0.2, 0.25) is 0 Å². The van der Waals surface area contributed by atoms with Gasteiger partial charge < -0.3 is 4.74 Å². The Morgan fingerprint density at radius 2 is 2.25 bits per heavy atom. The molecule has 2 atom stereocenters. The molecule has 0 amide bonds. The summed E-state index contributed by atoms with van der Waals surface area (Å²) >= 11 is 5.90. The van der Waals surface area contributed by atoms with Gasteiger partial charge in [-0.3, -0.25) is 0 Å². The van der Waals surface area contributed by atoms with Crippen molar-refractivity contribution in [3.8, 4) is 0 Å². The number of hydrogen-bond acceptors (Lipinski definition) is 1. The molecule has 1 nitrogen and oxygen atoms in total. The first-order valence-electron chi connectivity index (χ1n) is 4.87. The van der Waals surface area contributed by atoms with Gasteiger partial charge in [0.2, 0.25) is 0 Å². The van der Waals surface area contributed by atoms with E-state index in [0.29, 0.717) is 11.8 Å². The van der Waals surface area contributed by atoms with Crippen molar-refractivity contribution in [1.82, 2.24) is 0 Å². The van der Waals surface area contributed by atoms with Gasteiger partial charge >= 0.3 is 0 Å². The van der Waals surface area contributed by atoms with E-state index in [4.69, 9.17) is 16.3 Å². The predicted molar refractivity (Wildman–Crippen MR) is 52.6 cm³/mol. The minimum absolute atomic E-state index is 0.679. The molecule has 1 fully saturated rings. The standard InChI is InChI=1S/C10H19ClO/c1-8(2)10(6-11)5-9-3-4-12-7-9/h8-10H,3-7H2,1-2H3. The Balaban J connectivity index is 2.26. The zero-order valence-electron chi connectivity index (χ0n) is 8.05. The molecule has 0 bridgehead atoms. The lowest BCUT2D eigenvalue weighted by molar-refractivity contribution is 0.178. The molecule has 1 aliphatic heterocycles. The molecular weight excluding hydrogens is 172 g/mol. The highest BCUT2D eigenvalue weighted by Gasteiger charge is 2.21. The molecule has 0 aromatic rings. The second-order valence-corrected chi connectivity index (χ2v) is 4.43. The largest absolute Gasteiger partial charge is 0.381 e. The van der Waals surface area contributed by atoms with Crippen molar-refractivity contribution < 1.29 is 4.74 Å². The summed E-state index contributed by atoms with van der Waals surface area (Å²) in [4.78, 5) is 0. The molecule has 12 heavy (non-hydrogen) atoms. The normalized spacial score (nSPS) is 26.5. The van der Waals surface area contributed by atoms with Gasteiger partial charge in [0, 0.05) is 19.1 Å². The molecule has 0 saturated carbocycles. The SMILES string of the molecule is CC(C)C(CCl)CC1CCOC1. The van der Waals surface area contributed by atoms with Gasteiger partial charge in [-0.25, -0.2) is 0 Å². The lowest BCUT2D eigenvalue weighted by Gasteiger charge is -2.20. The summed E-state index contributed by atoms with van der Waals surface area (Å²) in [5.41, 5.74) is 0. The second-order valence-electron chi connectivity index (χ2n) is 4.12. The Labute approximate surface area is 80.4 Å². The average Bonchev–Trinajstić information content (AvgIpc) is 2.51. The van der Waals surface area contributed by atoms with E-state index >= 15 is 0 Å². The fourth-order valence-corrected chi connectivity index (χ4v) is 2.19. The van der Waals surface area contributed by atoms with E-state index < -0.39 is 0 Å². The highest BCUT2D eigenvalue weighted by molar-refractivity contribution is 6.18. The molecule has 1 saturated heterocycles. The van der Waals surface area contributed by atoms with Crippen LogP contribution in [0.1, 0.15) is 26.7 Å². The quantitative estimate of drug-likeness (QED) is 0.620. The van der Waals surface area contributed by atoms with Gasteiger partial charge in [0.25, 0.3) is 0 Å². The maximum atomic E-state index is 5.90. The maximum Gasteiger partial charge on any atom is 0.0495 e. The highest BCUT2D eigenvalue weighted by atomic mass is 35.5. The number of ether oxygens (including phenoxy) is 1. The van der Waals surface area contributed by atoms with Crippen molar-refractivity contribution in [1.29, 1.82) is 0 Å². The topological polar surface area (TPSA) is 9.23 Å². The van der Waals surface area contributed by atoms with Gasteiger partial charge in [0.15, 0.2) is 0 Å². The van der Waals surface area contributed by atoms with Crippen LogP contribution in [0.4, 0.5) is 0 Å². The van der Waals surface area contributed by atoms with Crippen molar-refractivity contribution in [2.45, 2.75) is 26.7 Å². The summed E-state index contributed by atoms with van der Waals surface area (Å²) in [7, 11) is 0. The fraction of sp³-hybridized carbons (Fsp3) is 1.00. The summed E-state index contributed by atoms with van der Waals surface area (Å²) in [6, 6.07) is 0. The van der Waals surface area contributed by atoms with Crippen LogP contribution >= 0.6 is 11.6 Å². The second kappa shape index (κ2) is 5.08. The average molecular weight is 191 g/mol. The van der Waals surface area contributed by atoms with Crippen molar-refractivity contribution in [2.24, 2.45) is 17.8 Å². The molecule has 2 heteroatoms. The lowest BCUT2D eigenvalue weighted by Crippen LogP contribution is -2.15. The first-order valence-corrected chi connectivity index (χ1v) is 5.41. The number of rotatable bonds is 4. The van der Waals surface area contributed by atoms with Crippen LogP contribution in [0, 0.1) is 17.8 Å². The molecule has 1 aliphatic rings. The number of halogens is 1. The van der Waals surface area contributed by atoms with Crippen molar-refractivity contribution in [3.63, 3.8) is 0 Å². The van der Waals surface area contributed by atoms with Gasteiger partial charge in [-0.15, -0.1) is 11.6 Å². The highest BCUT2D eigenvalue weighted by Crippen LogP contribution is 2.26. The number of alkyl halides is 1. The van der Waals surface area contributed by atoms with E-state index in [9.17, 15) is 0 Å². The van der Waals surface area contributed by atoms with E-state index in [1.165, 1.54) is 12.8 Å². The molecule has 0 aromatic carbocycles. The van der Waals surface area contributed by atoms with Crippen molar-refractivity contribution >= 4 is 11.6 Å². The molecule has 0 radical (unpaired) electrons. The Bertz CT molecular complexity index is 119. The summed E-state index contributed by atoms with van der Waals surface area (Å²) in [5.74, 6) is 2.96. The van der Waals surface area contributed by atoms with Gasteiger partial charge in [0.05, 0.1) is 0 Å². The van der Waals surface area contributed by atoms with E-state index in [-0.39, 0.29) is 0 Å². The fourth-order valence-electron chi connectivity index (χ4n) is 1.71. The molecule has 0 spiro atoms. The summed E-state index contributed by atoms with van der Waals surface area (Å²) in [6.45, 7) is 6.42. The smallest absolute Gasteiger partial charge is 0.0495 e. The zero-order chi connectivity index (χ0) is 8.97. The monoisotopic (exact) mass is 190 g/mol. The van der Waals surface area contributed by atoms with Crippen LogP contribution in [0.5, 0.6) is 0 Å². The molecule has 0 aliphatic carbocycles. The van der Waals surface area contributed by atoms with Crippen molar-refractivity contribution in [3.05, 3.63) is 0 Å². The lowest BCUT2D eigenvalue weighted by atomic mass is 9.87. The first kappa shape index (κ1) is 10.3. The van der Waals surface area contributed by atoms with Crippen LogP contribution in [0.15, 0.2) is 0 Å². The molecule has 0 N–H and O–H groups in total. The molecule has 2 unspecified atom stereocenters. The molecule has 1 heterocycles. The number of hydrogen-bond donors (Lipinski definition) is 0. The van der Waals surface area contributed by atoms with Gasteiger partial charge in [-0.2, -0.15) is 0 Å². The Morgan fingerprint density at radius 3 is 2.67 bits per heavy atom. The Morgan fingerprint density at radius 1 is 1.50 bits per heavy atom. The zero-order valence-corrected chi connectivity index (χ0v) is 8.81. The van der Waals surface area contributed by atoms with Crippen LogP contribution in [0.3, 0.4) is 0 Å². The van der Waals surface area contributed by atoms with Gasteiger partial charge in [-0.1, -0.05) is 13.8 Å². The first-order chi connectivity index (χ1) is 5.74. The van der Waals surface area contributed by atoms with Crippen LogP contribution in [0.25, 0.3) is 0 Å². The van der Waals surface area contributed by atoms with E-state index in [1.54, 1.807) is 0 Å². The molecule has 1 rings (SSSR count). The minimum Gasteiger partial charge on any atom is -0.381 e. The Hall–Kier alpha value is 0.250. The van der Waals surface area contributed by atoms with Crippen LogP contribution < -0.4 is 0 Å². The summed E-state index contributed by atoms with van der Waals surface area (Å²) in [6.07, 6.45) is 2.49. The third-order valence-electron chi connectivity index (χ3n) is 2.80. The Kier molecular flexibility index (Phi) is 4.38. The van der Waals surface area contributed by atoms with E-state index in [0.717, 1.165) is 25.0 Å². The molecule has 0 aromatic heterocycles. The van der Waals surface area contributed by atoms with E-state index in [2.05, 4.69) is 13.8 Å². The maximum absolute atomic E-state index is 5.90. The summed E-state index contributed by atoms with van der Waals surface area (Å²) < 4.78 is 5.34. The molecular formula is C10H19ClO. The van der Waals surface area contributed by atoms with Crippen molar-refractivity contribution in [2.75, 3.05) is 19.1 Å². The summed E-state index contributed by atoms with van der Waals surface area (Å²) in [5, 5.41) is 0. The third-order valence-corrected chi connectivity index (χ3v) is 3.20. The van der Waals surface area contributed by atoms with Crippen LogP contribution in [-0.4, -0.2) is 19.1 Å². The predicted octanol–water partition coefficient (Wildman–Crippen LogP) is 2.92. The molecule has 72 valence electrons. The van der Waals surface area contributed by atoms with Crippen LogP contribution in [-0.2, 0) is 4.74 Å². The van der Waals surface area contributed by atoms with Gasteiger partial charge in [-0.05, 0) is 30.6 Å². The van der Waals surface area contributed by atoms with E-state index in [1.807, 2.05) is 0 Å². The third kappa shape index (κ3) is 2.95. The minimum atomic E-state index is 0.679.